The van der Waals surface area contributed by atoms with Gasteiger partial charge in [-0.15, -0.1) is 0 Å². The second-order valence-electron chi connectivity index (χ2n) is 4.52. The minimum absolute atomic E-state index is 0.579. The SMILES string of the molecule is CN1CCc2c(ccc3[nH]c(=O)c(=O)[nH]c23)C1. The largest absolute Gasteiger partial charge is 0.316 e. The van der Waals surface area contributed by atoms with Gasteiger partial charge in [-0.25, -0.2) is 0 Å². The number of likely N-dealkylation sites (N-methyl/N-ethyl adjacent to an activating group) is 1. The molecular weight excluding hydrogens is 218 g/mol. The highest BCUT2D eigenvalue weighted by Gasteiger charge is 2.16. The van der Waals surface area contributed by atoms with Crippen molar-refractivity contribution >= 4 is 11.0 Å². The van der Waals surface area contributed by atoms with Gasteiger partial charge in [0.15, 0.2) is 0 Å². The molecule has 88 valence electrons. The number of rotatable bonds is 0. The number of nitrogens with one attached hydrogen (secondary N) is 2. The van der Waals surface area contributed by atoms with Gasteiger partial charge in [-0.05, 0) is 30.7 Å². The van der Waals surface area contributed by atoms with Gasteiger partial charge in [-0.3, -0.25) is 9.59 Å². The van der Waals surface area contributed by atoms with Crippen LogP contribution in [-0.4, -0.2) is 28.5 Å². The molecule has 0 aliphatic carbocycles. The zero-order valence-electron chi connectivity index (χ0n) is 9.54. The number of fused-ring (bicyclic) bond motifs is 3. The molecule has 1 aliphatic heterocycles. The van der Waals surface area contributed by atoms with Crippen LogP contribution in [0.2, 0.25) is 0 Å². The number of hydrogen-bond donors (Lipinski definition) is 2. The fourth-order valence-corrected chi connectivity index (χ4v) is 2.39. The molecule has 1 aliphatic rings. The summed E-state index contributed by atoms with van der Waals surface area (Å²) in [6, 6.07) is 3.87. The molecule has 2 heterocycles. The Morgan fingerprint density at radius 2 is 1.94 bits per heavy atom. The van der Waals surface area contributed by atoms with E-state index in [1.54, 1.807) is 0 Å². The quantitative estimate of drug-likeness (QED) is 0.637. The van der Waals surface area contributed by atoms with Crippen LogP contribution in [0.25, 0.3) is 11.0 Å². The Labute approximate surface area is 97.1 Å². The molecule has 3 rings (SSSR count). The van der Waals surface area contributed by atoms with Crippen molar-refractivity contribution in [2.75, 3.05) is 13.6 Å². The molecule has 0 spiro atoms. The molecule has 2 aromatic rings. The smallest absolute Gasteiger partial charge is 0.314 e. The van der Waals surface area contributed by atoms with E-state index in [0.29, 0.717) is 5.52 Å². The third kappa shape index (κ3) is 1.59. The summed E-state index contributed by atoms with van der Waals surface area (Å²) in [6.45, 7) is 1.85. The van der Waals surface area contributed by atoms with Gasteiger partial charge in [-0.1, -0.05) is 6.07 Å². The molecule has 0 fully saturated rings. The molecular formula is C12H13N3O2. The molecule has 0 unspecified atom stereocenters. The molecule has 2 N–H and O–H groups in total. The highest BCUT2D eigenvalue weighted by Crippen LogP contribution is 2.23. The van der Waals surface area contributed by atoms with E-state index in [2.05, 4.69) is 21.9 Å². The Bertz CT molecular complexity index is 699. The standard InChI is InChI=1S/C12H13N3O2/c1-15-5-4-8-7(6-15)2-3-9-10(8)14-12(17)11(16)13-9/h2-3H,4-6H2,1H3,(H,13,16)(H,14,17). The molecule has 0 amide bonds. The minimum Gasteiger partial charge on any atom is -0.316 e. The van der Waals surface area contributed by atoms with Crippen molar-refractivity contribution < 1.29 is 0 Å². The number of hydrogen-bond acceptors (Lipinski definition) is 3. The molecule has 5 heteroatoms. The van der Waals surface area contributed by atoms with Crippen LogP contribution in [0.1, 0.15) is 11.1 Å². The molecule has 0 saturated heterocycles. The Morgan fingerprint density at radius 1 is 1.18 bits per heavy atom. The van der Waals surface area contributed by atoms with Gasteiger partial charge in [0.2, 0.25) is 0 Å². The van der Waals surface area contributed by atoms with E-state index in [9.17, 15) is 9.59 Å². The summed E-state index contributed by atoms with van der Waals surface area (Å²) in [5, 5.41) is 0. The zero-order chi connectivity index (χ0) is 12.0. The summed E-state index contributed by atoms with van der Waals surface area (Å²) in [5.74, 6) is 0. The van der Waals surface area contributed by atoms with Crippen molar-refractivity contribution in [2.24, 2.45) is 0 Å². The molecule has 1 aromatic heterocycles. The van der Waals surface area contributed by atoms with E-state index >= 15 is 0 Å². The van der Waals surface area contributed by atoms with Gasteiger partial charge in [0.05, 0.1) is 11.0 Å². The van der Waals surface area contributed by atoms with Crippen molar-refractivity contribution in [3.8, 4) is 0 Å². The van der Waals surface area contributed by atoms with Crippen molar-refractivity contribution in [1.82, 2.24) is 14.9 Å². The lowest BCUT2D eigenvalue weighted by molar-refractivity contribution is 0.313. The minimum atomic E-state index is -0.592. The van der Waals surface area contributed by atoms with Crippen LogP contribution in [-0.2, 0) is 13.0 Å². The number of H-pyrrole nitrogens is 2. The maximum absolute atomic E-state index is 11.4. The third-order valence-electron chi connectivity index (χ3n) is 3.29. The third-order valence-corrected chi connectivity index (χ3v) is 3.29. The predicted octanol–water partition coefficient (Wildman–Crippen LogP) is 0.204. The van der Waals surface area contributed by atoms with E-state index < -0.39 is 11.1 Å². The van der Waals surface area contributed by atoms with E-state index in [4.69, 9.17) is 0 Å². The second-order valence-corrected chi connectivity index (χ2v) is 4.52. The Hall–Kier alpha value is -1.88. The van der Waals surface area contributed by atoms with Crippen LogP contribution in [0.4, 0.5) is 0 Å². The van der Waals surface area contributed by atoms with Crippen LogP contribution < -0.4 is 11.1 Å². The summed E-state index contributed by atoms with van der Waals surface area (Å²) in [5.41, 5.74) is 2.68. The molecule has 0 saturated carbocycles. The summed E-state index contributed by atoms with van der Waals surface area (Å²) >= 11 is 0. The molecule has 5 nitrogen and oxygen atoms in total. The fourth-order valence-electron chi connectivity index (χ4n) is 2.39. The number of aromatic amines is 2. The van der Waals surface area contributed by atoms with Gasteiger partial charge < -0.3 is 14.9 Å². The lowest BCUT2D eigenvalue weighted by Gasteiger charge is -2.25. The first-order valence-corrected chi connectivity index (χ1v) is 5.61. The van der Waals surface area contributed by atoms with Crippen LogP contribution in [0.3, 0.4) is 0 Å². The Balaban J connectivity index is 2.34. The highest BCUT2D eigenvalue weighted by atomic mass is 16.2. The van der Waals surface area contributed by atoms with Crippen molar-refractivity contribution in [3.63, 3.8) is 0 Å². The topological polar surface area (TPSA) is 69.0 Å². The molecule has 0 radical (unpaired) electrons. The first-order chi connectivity index (χ1) is 8.15. The van der Waals surface area contributed by atoms with Gasteiger partial charge in [-0.2, -0.15) is 0 Å². The summed E-state index contributed by atoms with van der Waals surface area (Å²) in [4.78, 5) is 30.1. The van der Waals surface area contributed by atoms with Crippen molar-refractivity contribution in [1.29, 1.82) is 0 Å². The molecule has 1 aromatic carbocycles. The molecule has 0 bridgehead atoms. The maximum atomic E-state index is 11.4. The zero-order valence-corrected chi connectivity index (χ0v) is 9.54. The van der Waals surface area contributed by atoms with Crippen LogP contribution >= 0.6 is 0 Å². The van der Waals surface area contributed by atoms with E-state index in [-0.39, 0.29) is 0 Å². The fraction of sp³-hybridized carbons (Fsp3) is 0.333. The highest BCUT2D eigenvalue weighted by molar-refractivity contribution is 5.79. The van der Waals surface area contributed by atoms with Gasteiger partial charge in [0.1, 0.15) is 0 Å². The maximum Gasteiger partial charge on any atom is 0.314 e. The van der Waals surface area contributed by atoms with E-state index in [0.717, 1.165) is 30.6 Å². The number of benzene rings is 1. The Kier molecular flexibility index (Phi) is 2.16. The monoisotopic (exact) mass is 231 g/mol. The first kappa shape index (κ1) is 10.3. The lowest BCUT2D eigenvalue weighted by atomic mass is 9.98. The van der Waals surface area contributed by atoms with Crippen molar-refractivity contribution in [2.45, 2.75) is 13.0 Å². The average molecular weight is 231 g/mol. The van der Waals surface area contributed by atoms with Gasteiger partial charge >= 0.3 is 11.1 Å². The summed E-state index contributed by atoms with van der Waals surface area (Å²) in [7, 11) is 2.07. The predicted molar refractivity (Wildman–Crippen MR) is 65.2 cm³/mol. The van der Waals surface area contributed by atoms with Crippen LogP contribution in [0.15, 0.2) is 21.7 Å². The van der Waals surface area contributed by atoms with Gasteiger partial charge in [0.25, 0.3) is 0 Å². The van der Waals surface area contributed by atoms with Crippen LogP contribution in [0, 0.1) is 0 Å². The summed E-state index contributed by atoms with van der Waals surface area (Å²) < 4.78 is 0. The average Bonchev–Trinajstić information content (AvgIpc) is 2.30. The van der Waals surface area contributed by atoms with Crippen LogP contribution in [0.5, 0.6) is 0 Å². The number of nitrogens with zero attached hydrogens (tertiary/aromatic N) is 1. The second kappa shape index (κ2) is 3.56. The lowest BCUT2D eigenvalue weighted by Crippen LogP contribution is -2.31. The van der Waals surface area contributed by atoms with E-state index in [1.807, 2.05) is 12.1 Å². The first-order valence-electron chi connectivity index (χ1n) is 5.61. The Morgan fingerprint density at radius 3 is 2.76 bits per heavy atom. The van der Waals surface area contributed by atoms with Gasteiger partial charge in [0, 0.05) is 13.1 Å². The van der Waals surface area contributed by atoms with Crippen molar-refractivity contribution in [3.05, 3.63) is 44.0 Å². The normalized spacial score (nSPS) is 16.1. The summed E-state index contributed by atoms with van der Waals surface area (Å²) in [6.07, 6.45) is 0.894. The molecule has 0 atom stereocenters. The number of aromatic nitrogens is 2. The molecule has 17 heavy (non-hydrogen) atoms. The van der Waals surface area contributed by atoms with E-state index in [1.165, 1.54) is 5.56 Å².